The van der Waals surface area contributed by atoms with Gasteiger partial charge in [-0.05, 0) is 36.4 Å². The normalized spacial score (nSPS) is 11.0. The Labute approximate surface area is 130 Å². The Morgan fingerprint density at radius 2 is 1.74 bits per heavy atom. The molecule has 0 saturated heterocycles. The van der Waals surface area contributed by atoms with E-state index < -0.39 is 24.3 Å². The van der Waals surface area contributed by atoms with Crippen LogP contribution in [0.5, 0.6) is 11.5 Å². The number of carbonyl (C=O) groups is 1. The fourth-order valence-corrected chi connectivity index (χ4v) is 1.84. The fraction of sp³-hybridized carbons (Fsp3) is 0.188. The van der Waals surface area contributed by atoms with E-state index in [2.05, 4.69) is 5.32 Å². The molecule has 23 heavy (non-hydrogen) atoms. The van der Waals surface area contributed by atoms with Gasteiger partial charge in [-0.25, -0.2) is 0 Å². The third-order valence-electron chi connectivity index (χ3n) is 2.93. The minimum absolute atomic E-state index is 0.384. The molecule has 2 aromatic rings. The summed E-state index contributed by atoms with van der Waals surface area (Å²) in [6.45, 7) is -0.529. The van der Waals surface area contributed by atoms with Crippen LogP contribution in [0, 0.1) is 0 Å². The number of anilines is 1. The van der Waals surface area contributed by atoms with Crippen LogP contribution in [0.1, 0.15) is 5.56 Å². The van der Waals surface area contributed by atoms with Gasteiger partial charge in [0.1, 0.15) is 11.5 Å². The number of carbonyl (C=O) groups excluding carboxylic acids is 1. The number of nitrogens with one attached hydrogen (secondary N) is 1. The first-order chi connectivity index (χ1) is 10.9. The molecule has 4 nitrogen and oxygen atoms in total. The molecule has 0 spiro atoms. The van der Waals surface area contributed by atoms with E-state index in [1.165, 1.54) is 25.3 Å². The average Bonchev–Trinajstić information content (AvgIpc) is 2.53. The topological polar surface area (TPSA) is 47.6 Å². The zero-order valence-electron chi connectivity index (χ0n) is 12.2. The van der Waals surface area contributed by atoms with Crippen LogP contribution < -0.4 is 14.8 Å². The lowest BCUT2D eigenvalue weighted by molar-refractivity contribution is -0.139. The van der Waals surface area contributed by atoms with Crippen molar-refractivity contribution >= 4 is 11.6 Å². The Hall–Kier alpha value is -2.70. The van der Waals surface area contributed by atoms with Crippen molar-refractivity contribution in [3.8, 4) is 11.5 Å². The SMILES string of the molecule is COc1ccc(NC(=O)COc2ccccc2C(F)(F)F)cc1. The monoisotopic (exact) mass is 325 g/mol. The fourth-order valence-electron chi connectivity index (χ4n) is 1.84. The Morgan fingerprint density at radius 3 is 2.35 bits per heavy atom. The van der Waals surface area contributed by atoms with Crippen LogP contribution in [0.2, 0.25) is 0 Å². The largest absolute Gasteiger partial charge is 0.497 e. The number of rotatable bonds is 5. The summed E-state index contributed by atoms with van der Waals surface area (Å²) in [5.41, 5.74) is -0.430. The quantitative estimate of drug-likeness (QED) is 0.911. The molecule has 0 atom stereocenters. The van der Waals surface area contributed by atoms with Gasteiger partial charge in [0.15, 0.2) is 6.61 Å². The van der Waals surface area contributed by atoms with Crippen LogP contribution in [-0.4, -0.2) is 19.6 Å². The molecule has 1 amide bonds. The first kappa shape index (κ1) is 16.7. The smallest absolute Gasteiger partial charge is 0.419 e. The zero-order valence-corrected chi connectivity index (χ0v) is 12.2. The summed E-state index contributed by atoms with van der Waals surface area (Å²) in [7, 11) is 1.51. The van der Waals surface area contributed by atoms with E-state index in [0.717, 1.165) is 6.07 Å². The summed E-state index contributed by atoms with van der Waals surface area (Å²) in [6, 6.07) is 11.3. The van der Waals surface area contributed by atoms with Crippen LogP contribution in [0.4, 0.5) is 18.9 Å². The maximum atomic E-state index is 12.8. The van der Waals surface area contributed by atoms with Gasteiger partial charge < -0.3 is 14.8 Å². The number of alkyl halides is 3. The van der Waals surface area contributed by atoms with Gasteiger partial charge in [0.25, 0.3) is 5.91 Å². The van der Waals surface area contributed by atoms with Gasteiger partial charge >= 0.3 is 6.18 Å². The predicted octanol–water partition coefficient (Wildman–Crippen LogP) is 3.73. The summed E-state index contributed by atoms with van der Waals surface area (Å²) in [6.07, 6.45) is -4.54. The second kappa shape index (κ2) is 7.04. The third-order valence-corrected chi connectivity index (χ3v) is 2.93. The van der Waals surface area contributed by atoms with Crippen molar-refractivity contribution in [2.24, 2.45) is 0 Å². The van der Waals surface area contributed by atoms with Crippen molar-refractivity contribution in [1.29, 1.82) is 0 Å². The molecule has 2 rings (SSSR count). The number of halogens is 3. The number of benzene rings is 2. The molecule has 0 heterocycles. The highest BCUT2D eigenvalue weighted by molar-refractivity contribution is 5.91. The van der Waals surface area contributed by atoms with Crippen molar-refractivity contribution < 1.29 is 27.4 Å². The van der Waals surface area contributed by atoms with E-state index in [-0.39, 0.29) is 5.75 Å². The van der Waals surface area contributed by atoms with Crippen molar-refractivity contribution in [3.05, 3.63) is 54.1 Å². The maximum Gasteiger partial charge on any atom is 0.419 e. The number of methoxy groups -OCH3 is 1. The maximum absolute atomic E-state index is 12.8. The minimum atomic E-state index is -4.54. The molecule has 0 aromatic heterocycles. The summed E-state index contributed by atoms with van der Waals surface area (Å²) in [5.74, 6) is -0.324. The van der Waals surface area contributed by atoms with Crippen LogP contribution in [-0.2, 0) is 11.0 Å². The van der Waals surface area contributed by atoms with Gasteiger partial charge in [0.05, 0.1) is 12.7 Å². The van der Waals surface area contributed by atoms with Gasteiger partial charge in [-0.3, -0.25) is 4.79 Å². The van der Waals surface area contributed by atoms with Gasteiger partial charge in [-0.15, -0.1) is 0 Å². The molecule has 122 valence electrons. The van der Waals surface area contributed by atoms with E-state index in [1.807, 2.05) is 0 Å². The predicted molar refractivity (Wildman–Crippen MR) is 78.6 cm³/mol. The minimum Gasteiger partial charge on any atom is -0.497 e. The van der Waals surface area contributed by atoms with Crippen molar-refractivity contribution in [3.63, 3.8) is 0 Å². The number of para-hydroxylation sites is 1. The lowest BCUT2D eigenvalue weighted by Gasteiger charge is -2.13. The molecule has 0 aliphatic rings. The molecule has 0 fully saturated rings. The second-order valence-electron chi connectivity index (χ2n) is 4.56. The van der Waals surface area contributed by atoms with Crippen LogP contribution in [0.15, 0.2) is 48.5 Å². The zero-order chi connectivity index (χ0) is 16.9. The van der Waals surface area contributed by atoms with Crippen molar-refractivity contribution in [1.82, 2.24) is 0 Å². The summed E-state index contributed by atoms with van der Waals surface area (Å²) < 4.78 is 48.4. The Bertz CT molecular complexity index is 669. The van der Waals surface area contributed by atoms with Crippen LogP contribution in [0.25, 0.3) is 0 Å². The first-order valence-electron chi connectivity index (χ1n) is 6.63. The van der Waals surface area contributed by atoms with Crippen LogP contribution in [0.3, 0.4) is 0 Å². The lowest BCUT2D eigenvalue weighted by Crippen LogP contribution is -2.21. The lowest BCUT2D eigenvalue weighted by atomic mass is 10.2. The molecule has 0 unspecified atom stereocenters. The third kappa shape index (κ3) is 4.64. The molecule has 2 aromatic carbocycles. The molecule has 7 heteroatoms. The van der Waals surface area contributed by atoms with E-state index >= 15 is 0 Å². The second-order valence-corrected chi connectivity index (χ2v) is 4.56. The first-order valence-corrected chi connectivity index (χ1v) is 6.63. The standard InChI is InChI=1S/C16H14F3NO3/c1-22-12-8-6-11(7-9-12)20-15(21)10-23-14-5-3-2-4-13(14)16(17,18)19/h2-9H,10H2,1H3,(H,20,21). The van der Waals surface area contributed by atoms with Crippen molar-refractivity contribution in [2.45, 2.75) is 6.18 Å². The Morgan fingerprint density at radius 1 is 1.09 bits per heavy atom. The molecule has 0 aliphatic heterocycles. The van der Waals surface area contributed by atoms with Gasteiger partial charge in [-0.2, -0.15) is 13.2 Å². The van der Waals surface area contributed by atoms with Gasteiger partial charge in [0, 0.05) is 5.69 Å². The number of ether oxygens (including phenoxy) is 2. The number of amides is 1. The summed E-state index contributed by atoms with van der Waals surface area (Å²) >= 11 is 0. The van der Waals surface area contributed by atoms with Gasteiger partial charge in [-0.1, -0.05) is 12.1 Å². The van der Waals surface area contributed by atoms with E-state index in [9.17, 15) is 18.0 Å². The molecular weight excluding hydrogens is 311 g/mol. The van der Waals surface area contributed by atoms with E-state index in [1.54, 1.807) is 24.3 Å². The Kier molecular flexibility index (Phi) is 5.10. The number of hydrogen-bond donors (Lipinski definition) is 1. The molecule has 0 bridgehead atoms. The van der Waals surface area contributed by atoms with Crippen molar-refractivity contribution in [2.75, 3.05) is 19.0 Å². The highest BCUT2D eigenvalue weighted by atomic mass is 19.4. The van der Waals surface area contributed by atoms with E-state index in [4.69, 9.17) is 9.47 Å². The molecule has 0 saturated carbocycles. The number of hydrogen-bond acceptors (Lipinski definition) is 3. The highest BCUT2D eigenvalue weighted by Gasteiger charge is 2.34. The molecular formula is C16H14F3NO3. The highest BCUT2D eigenvalue weighted by Crippen LogP contribution is 2.35. The van der Waals surface area contributed by atoms with Gasteiger partial charge in [0.2, 0.25) is 0 Å². The van der Waals surface area contributed by atoms with Crippen LogP contribution >= 0.6 is 0 Å². The average molecular weight is 325 g/mol. The molecule has 0 aliphatic carbocycles. The summed E-state index contributed by atoms with van der Waals surface area (Å²) in [5, 5.41) is 2.52. The summed E-state index contributed by atoms with van der Waals surface area (Å²) in [4.78, 5) is 11.8. The molecule has 1 N–H and O–H groups in total. The van der Waals surface area contributed by atoms with E-state index in [0.29, 0.717) is 11.4 Å². The molecule has 0 radical (unpaired) electrons. The Balaban J connectivity index is 1.97.